The number of alkyl halides is 5. The summed E-state index contributed by atoms with van der Waals surface area (Å²) in [4.78, 5) is 27.4. The van der Waals surface area contributed by atoms with Crippen LogP contribution in [0.4, 0.5) is 27.6 Å². The van der Waals surface area contributed by atoms with E-state index in [4.69, 9.17) is 4.74 Å². The molecule has 1 N–H and O–H groups in total. The first-order valence-corrected chi connectivity index (χ1v) is 8.66. The third-order valence-corrected chi connectivity index (χ3v) is 3.92. The van der Waals surface area contributed by atoms with Crippen LogP contribution in [-0.4, -0.2) is 34.6 Å². The molecule has 7 nitrogen and oxygen atoms in total. The average Bonchev–Trinajstić information content (AvgIpc) is 3.06. The molecule has 0 aliphatic heterocycles. The molecule has 0 aliphatic carbocycles. The van der Waals surface area contributed by atoms with E-state index in [-0.39, 0.29) is 22.5 Å². The predicted octanol–water partition coefficient (Wildman–Crippen LogP) is 3.84. The first-order chi connectivity index (χ1) is 14.6. The van der Waals surface area contributed by atoms with Crippen molar-refractivity contribution in [3.63, 3.8) is 0 Å². The van der Waals surface area contributed by atoms with Crippen LogP contribution in [0, 0.1) is 0 Å². The molecule has 2 aromatic carbocycles. The van der Waals surface area contributed by atoms with Crippen LogP contribution in [0.3, 0.4) is 0 Å². The molecule has 0 saturated carbocycles. The number of nitrogens with one attached hydrogen (secondary N) is 1. The number of esters is 1. The fraction of sp³-hybridized carbons (Fsp3) is 0.211. The van der Waals surface area contributed by atoms with Crippen LogP contribution in [0.25, 0.3) is 11.0 Å². The van der Waals surface area contributed by atoms with Crippen molar-refractivity contribution in [2.75, 3.05) is 11.9 Å². The van der Waals surface area contributed by atoms with E-state index in [1.165, 1.54) is 48.5 Å². The first-order valence-electron chi connectivity index (χ1n) is 8.66. The molecule has 0 atom stereocenters. The van der Waals surface area contributed by atoms with Gasteiger partial charge in [-0.25, -0.2) is 4.98 Å². The van der Waals surface area contributed by atoms with Crippen LogP contribution < -0.4 is 10.1 Å². The second-order valence-corrected chi connectivity index (χ2v) is 6.12. The minimum Gasteiger partial charge on any atom is -0.454 e. The molecule has 0 fully saturated rings. The van der Waals surface area contributed by atoms with E-state index >= 15 is 0 Å². The highest BCUT2D eigenvalue weighted by atomic mass is 19.4. The molecule has 0 saturated heterocycles. The van der Waals surface area contributed by atoms with Crippen molar-refractivity contribution in [3.8, 4) is 5.75 Å². The largest absolute Gasteiger partial charge is 0.454 e. The topological polar surface area (TPSA) is 82.5 Å². The third kappa shape index (κ3) is 5.68. The molecule has 12 heteroatoms. The van der Waals surface area contributed by atoms with E-state index in [1.807, 2.05) is 0 Å². The van der Waals surface area contributed by atoms with Gasteiger partial charge in [0.25, 0.3) is 5.91 Å². The Balaban J connectivity index is 1.60. The number of amides is 1. The molecule has 164 valence electrons. The van der Waals surface area contributed by atoms with Crippen molar-refractivity contribution in [3.05, 3.63) is 54.4 Å². The van der Waals surface area contributed by atoms with Gasteiger partial charge in [-0.05, 0) is 36.4 Å². The van der Waals surface area contributed by atoms with E-state index in [9.17, 15) is 31.5 Å². The molecule has 0 radical (unpaired) electrons. The zero-order valence-corrected chi connectivity index (χ0v) is 15.5. The van der Waals surface area contributed by atoms with Crippen molar-refractivity contribution < 1.29 is 41.0 Å². The Kier molecular flexibility index (Phi) is 6.37. The summed E-state index contributed by atoms with van der Waals surface area (Å²) < 4.78 is 73.5. The molecule has 1 heterocycles. The summed E-state index contributed by atoms with van der Waals surface area (Å²) in [6.07, 6.45) is -4.79. The summed E-state index contributed by atoms with van der Waals surface area (Å²) in [7, 11) is 0. The fourth-order valence-corrected chi connectivity index (χ4v) is 2.69. The van der Waals surface area contributed by atoms with Gasteiger partial charge in [0.15, 0.2) is 6.61 Å². The highest BCUT2D eigenvalue weighted by Crippen LogP contribution is 2.31. The number of ether oxygens (including phenoxy) is 2. The minimum absolute atomic E-state index is 0.0552. The molecular formula is C19H14F5N3O4. The number of fused-ring (bicyclic) bond motifs is 1. The molecule has 0 aliphatic rings. The van der Waals surface area contributed by atoms with Crippen molar-refractivity contribution in [1.82, 2.24) is 9.55 Å². The van der Waals surface area contributed by atoms with Crippen LogP contribution in [0.1, 0.15) is 5.82 Å². The normalized spacial score (nSPS) is 11.5. The smallest absolute Gasteiger partial charge is 0.449 e. The number of carbonyl (C=O) groups excluding carboxylic acids is 2. The SMILES string of the molecule is O=C(COC(=O)Cn1c(C(F)(F)F)nc2ccccc21)Nc1ccc(OC(F)F)cc1. The molecule has 3 aromatic rings. The zero-order chi connectivity index (χ0) is 22.6. The maximum Gasteiger partial charge on any atom is 0.449 e. The maximum atomic E-state index is 13.2. The van der Waals surface area contributed by atoms with Crippen LogP contribution in [0.5, 0.6) is 5.75 Å². The van der Waals surface area contributed by atoms with Crippen LogP contribution in [0.15, 0.2) is 48.5 Å². The summed E-state index contributed by atoms with van der Waals surface area (Å²) in [5.41, 5.74) is 0.351. The van der Waals surface area contributed by atoms with Crippen LogP contribution >= 0.6 is 0 Å². The van der Waals surface area contributed by atoms with Gasteiger partial charge in [-0.3, -0.25) is 9.59 Å². The quantitative estimate of drug-likeness (QED) is 0.443. The van der Waals surface area contributed by atoms with E-state index in [2.05, 4.69) is 15.0 Å². The Morgan fingerprint density at radius 1 is 1.06 bits per heavy atom. The number of imidazole rings is 1. The molecule has 1 amide bonds. The van der Waals surface area contributed by atoms with Gasteiger partial charge in [-0.1, -0.05) is 12.1 Å². The number of rotatable bonds is 7. The highest BCUT2D eigenvalue weighted by molar-refractivity contribution is 5.92. The lowest BCUT2D eigenvalue weighted by Crippen LogP contribution is -2.24. The van der Waals surface area contributed by atoms with E-state index in [0.717, 1.165) is 0 Å². The van der Waals surface area contributed by atoms with Crippen molar-refractivity contribution in [1.29, 1.82) is 0 Å². The van der Waals surface area contributed by atoms with Gasteiger partial charge in [0.1, 0.15) is 12.3 Å². The van der Waals surface area contributed by atoms with E-state index in [1.54, 1.807) is 0 Å². The van der Waals surface area contributed by atoms with Gasteiger partial charge in [0.05, 0.1) is 11.0 Å². The summed E-state index contributed by atoms with van der Waals surface area (Å²) >= 11 is 0. The predicted molar refractivity (Wildman–Crippen MR) is 97.4 cm³/mol. The van der Waals surface area contributed by atoms with E-state index < -0.39 is 43.6 Å². The third-order valence-electron chi connectivity index (χ3n) is 3.92. The molecular weight excluding hydrogens is 429 g/mol. The number of para-hydroxylation sites is 2. The van der Waals surface area contributed by atoms with Gasteiger partial charge >= 0.3 is 18.8 Å². The molecule has 0 spiro atoms. The van der Waals surface area contributed by atoms with Crippen molar-refractivity contribution in [2.24, 2.45) is 0 Å². The number of halogens is 5. The fourth-order valence-electron chi connectivity index (χ4n) is 2.69. The van der Waals surface area contributed by atoms with Gasteiger partial charge in [-0.15, -0.1) is 0 Å². The highest BCUT2D eigenvalue weighted by Gasteiger charge is 2.38. The Bertz CT molecular complexity index is 1080. The van der Waals surface area contributed by atoms with Gasteiger partial charge in [-0.2, -0.15) is 22.0 Å². The average molecular weight is 443 g/mol. The van der Waals surface area contributed by atoms with Crippen molar-refractivity contribution in [2.45, 2.75) is 19.3 Å². The Morgan fingerprint density at radius 2 is 1.74 bits per heavy atom. The second kappa shape index (κ2) is 8.98. The second-order valence-electron chi connectivity index (χ2n) is 6.12. The summed E-state index contributed by atoms with van der Waals surface area (Å²) in [5.74, 6) is -3.24. The lowest BCUT2D eigenvalue weighted by Gasteiger charge is -2.11. The van der Waals surface area contributed by atoms with Crippen molar-refractivity contribution >= 4 is 28.6 Å². The summed E-state index contributed by atoms with van der Waals surface area (Å²) in [6.45, 7) is -4.56. The number of benzene rings is 2. The Hall–Kier alpha value is -3.70. The van der Waals surface area contributed by atoms with Gasteiger partial charge in [0, 0.05) is 5.69 Å². The molecule has 1 aromatic heterocycles. The number of anilines is 1. The number of hydrogen-bond donors (Lipinski definition) is 1. The number of nitrogens with zero attached hydrogens (tertiary/aromatic N) is 2. The zero-order valence-electron chi connectivity index (χ0n) is 15.5. The van der Waals surface area contributed by atoms with Crippen LogP contribution in [0.2, 0.25) is 0 Å². The maximum absolute atomic E-state index is 13.2. The lowest BCUT2D eigenvalue weighted by atomic mass is 10.3. The number of carbonyl (C=O) groups is 2. The number of hydrogen-bond acceptors (Lipinski definition) is 5. The summed E-state index contributed by atoms with van der Waals surface area (Å²) in [6, 6.07) is 10.7. The van der Waals surface area contributed by atoms with Crippen LogP contribution in [-0.2, 0) is 27.0 Å². The Morgan fingerprint density at radius 3 is 2.39 bits per heavy atom. The molecule has 0 bridgehead atoms. The van der Waals surface area contributed by atoms with Gasteiger partial charge in [0.2, 0.25) is 5.82 Å². The van der Waals surface area contributed by atoms with E-state index in [0.29, 0.717) is 4.57 Å². The summed E-state index contributed by atoms with van der Waals surface area (Å²) in [5, 5.41) is 2.34. The minimum atomic E-state index is -4.79. The number of aromatic nitrogens is 2. The first kappa shape index (κ1) is 22.0. The lowest BCUT2D eigenvalue weighted by molar-refractivity contribution is -0.152. The monoisotopic (exact) mass is 443 g/mol. The van der Waals surface area contributed by atoms with Gasteiger partial charge < -0.3 is 19.4 Å². The Labute approximate surface area is 171 Å². The standard InChI is InChI=1S/C19H14F5N3O4/c20-18(21)31-12-7-5-11(6-8-12)25-15(28)10-30-16(29)9-27-14-4-2-1-3-13(14)26-17(27)19(22,23)24/h1-8,18H,9-10H2,(H,25,28). The molecule has 31 heavy (non-hydrogen) atoms. The molecule has 3 rings (SSSR count). The molecule has 0 unspecified atom stereocenters.